The van der Waals surface area contributed by atoms with E-state index in [1.807, 2.05) is 0 Å². The van der Waals surface area contributed by atoms with Crippen molar-refractivity contribution in [2.75, 3.05) is 16.2 Å². The third-order valence-corrected chi connectivity index (χ3v) is 7.10. The standard InChI is InChI=1S/C22H21F5N2O7S/c1-21(2,22(25,26)27)36-20(32)28-12-3-7-18-17(9-12)29(11-13(35-18)4-8-19(30)31)37(33,34)14-5-6-15(23)16(24)10-14/h3,5-7,9-10,13H,4,8,11H2,1-2H3,(H,28,32)(H,30,31). The highest BCUT2D eigenvalue weighted by Crippen LogP contribution is 2.40. The number of carboxylic acids is 1. The number of carbonyl (C=O) groups is 2. The van der Waals surface area contributed by atoms with Gasteiger partial charge in [-0.05, 0) is 56.7 Å². The SMILES string of the molecule is CC(C)(OC(=O)Nc1ccc2c(c1)N(S(=O)(=O)c1ccc(F)c(F)c1)CC(CCC(=O)O)O2)C(F)(F)F. The van der Waals surface area contributed by atoms with Crippen LogP contribution < -0.4 is 14.4 Å². The summed E-state index contributed by atoms with van der Waals surface area (Å²) in [6, 6.07) is 5.38. The molecule has 0 radical (unpaired) electrons. The fourth-order valence-electron chi connectivity index (χ4n) is 3.25. The molecule has 1 atom stereocenters. The minimum atomic E-state index is -4.87. The number of alkyl halides is 3. The van der Waals surface area contributed by atoms with Gasteiger partial charge in [0, 0.05) is 12.1 Å². The highest BCUT2D eigenvalue weighted by Gasteiger charge is 2.51. The van der Waals surface area contributed by atoms with Gasteiger partial charge in [-0.1, -0.05) is 0 Å². The van der Waals surface area contributed by atoms with Gasteiger partial charge in [0.2, 0.25) is 5.60 Å². The van der Waals surface area contributed by atoms with Crippen LogP contribution in [-0.2, 0) is 19.6 Å². The topological polar surface area (TPSA) is 122 Å². The molecule has 0 saturated heterocycles. The molecule has 0 saturated carbocycles. The van der Waals surface area contributed by atoms with Crippen molar-refractivity contribution in [2.24, 2.45) is 0 Å². The number of amides is 1. The lowest BCUT2D eigenvalue weighted by Crippen LogP contribution is -2.44. The van der Waals surface area contributed by atoms with Crippen molar-refractivity contribution >= 4 is 33.5 Å². The van der Waals surface area contributed by atoms with Crippen LogP contribution in [0, 0.1) is 11.6 Å². The fourth-order valence-corrected chi connectivity index (χ4v) is 4.76. The molecule has 0 aromatic heterocycles. The number of benzene rings is 2. The number of rotatable bonds is 7. The number of carboxylic acid groups (broad SMARTS) is 1. The molecule has 1 unspecified atom stereocenters. The molecule has 2 aromatic carbocycles. The molecule has 0 bridgehead atoms. The predicted octanol–water partition coefficient (Wildman–Crippen LogP) is 4.68. The van der Waals surface area contributed by atoms with Crippen molar-refractivity contribution in [3.8, 4) is 5.75 Å². The largest absolute Gasteiger partial charge is 0.486 e. The Morgan fingerprint density at radius 3 is 2.41 bits per heavy atom. The summed E-state index contributed by atoms with van der Waals surface area (Å²) in [6.45, 7) is 0.845. The van der Waals surface area contributed by atoms with Gasteiger partial charge in [-0.15, -0.1) is 0 Å². The van der Waals surface area contributed by atoms with E-state index in [9.17, 15) is 40.0 Å². The van der Waals surface area contributed by atoms with Crippen LogP contribution in [0.15, 0.2) is 41.3 Å². The van der Waals surface area contributed by atoms with Crippen molar-refractivity contribution in [1.82, 2.24) is 0 Å². The lowest BCUT2D eigenvalue weighted by molar-refractivity contribution is -0.242. The number of hydrogen-bond acceptors (Lipinski definition) is 6. The third kappa shape index (κ3) is 6.21. The molecule has 0 spiro atoms. The van der Waals surface area contributed by atoms with E-state index in [1.165, 1.54) is 12.1 Å². The second-order valence-corrected chi connectivity index (χ2v) is 10.4. The van der Waals surface area contributed by atoms with E-state index >= 15 is 0 Å². The Bertz CT molecular complexity index is 1310. The Morgan fingerprint density at radius 1 is 1.14 bits per heavy atom. The van der Waals surface area contributed by atoms with Crippen LogP contribution in [0.3, 0.4) is 0 Å². The van der Waals surface area contributed by atoms with Crippen LogP contribution in [0.25, 0.3) is 0 Å². The summed E-state index contributed by atoms with van der Waals surface area (Å²) in [5.41, 5.74) is -3.18. The minimum Gasteiger partial charge on any atom is -0.486 e. The summed E-state index contributed by atoms with van der Waals surface area (Å²) >= 11 is 0. The minimum absolute atomic E-state index is 0.0673. The van der Waals surface area contributed by atoms with E-state index in [0.717, 1.165) is 16.4 Å². The average molecular weight is 552 g/mol. The first-order valence-corrected chi connectivity index (χ1v) is 12.0. The smallest absolute Gasteiger partial charge is 0.427 e. The molecule has 202 valence electrons. The number of fused-ring (bicyclic) bond motifs is 1. The van der Waals surface area contributed by atoms with Crippen molar-refractivity contribution < 1.29 is 54.5 Å². The van der Waals surface area contributed by atoms with Gasteiger partial charge in [0.05, 0.1) is 17.1 Å². The van der Waals surface area contributed by atoms with Gasteiger partial charge in [-0.25, -0.2) is 22.0 Å². The van der Waals surface area contributed by atoms with Gasteiger partial charge < -0.3 is 14.6 Å². The molecule has 2 N–H and O–H groups in total. The zero-order valence-corrected chi connectivity index (χ0v) is 20.1. The number of nitrogens with zero attached hydrogens (tertiary/aromatic N) is 1. The summed E-state index contributed by atoms with van der Waals surface area (Å²) in [5.74, 6) is -3.94. The van der Waals surface area contributed by atoms with E-state index in [4.69, 9.17) is 9.84 Å². The Hall–Kier alpha value is -3.62. The fraction of sp³-hybridized carbons (Fsp3) is 0.364. The summed E-state index contributed by atoms with van der Waals surface area (Å²) in [6.07, 6.45) is -7.75. The van der Waals surface area contributed by atoms with E-state index in [1.54, 1.807) is 0 Å². The summed E-state index contributed by atoms with van der Waals surface area (Å²) in [5, 5.41) is 11.0. The van der Waals surface area contributed by atoms with Crippen molar-refractivity contribution in [1.29, 1.82) is 0 Å². The Morgan fingerprint density at radius 2 is 1.81 bits per heavy atom. The molecular weight excluding hydrogens is 531 g/mol. The normalized spacial score (nSPS) is 16.0. The molecule has 15 heteroatoms. The summed E-state index contributed by atoms with van der Waals surface area (Å²) in [7, 11) is -4.57. The molecular formula is C22H21F5N2O7S. The molecule has 1 amide bonds. The van der Waals surface area contributed by atoms with E-state index in [0.29, 0.717) is 26.0 Å². The lowest BCUT2D eigenvalue weighted by atomic mass is 10.1. The first kappa shape index (κ1) is 28.0. The number of aliphatic carboxylic acids is 1. The Kier molecular flexibility index (Phi) is 7.58. The molecule has 1 heterocycles. The van der Waals surface area contributed by atoms with Crippen LogP contribution >= 0.6 is 0 Å². The van der Waals surface area contributed by atoms with Gasteiger partial charge in [0.1, 0.15) is 11.9 Å². The van der Waals surface area contributed by atoms with Crippen LogP contribution in [0.1, 0.15) is 26.7 Å². The maximum atomic E-state index is 13.8. The third-order valence-electron chi connectivity index (χ3n) is 5.33. The molecule has 2 aromatic rings. The second-order valence-electron chi connectivity index (χ2n) is 8.49. The monoisotopic (exact) mass is 552 g/mol. The second kappa shape index (κ2) is 10.0. The number of halogens is 5. The first-order valence-electron chi connectivity index (χ1n) is 10.6. The number of sulfonamides is 1. The Labute approximate surface area is 207 Å². The molecule has 37 heavy (non-hydrogen) atoms. The number of hydrogen-bond donors (Lipinski definition) is 2. The molecule has 1 aliphatic rings. The summed E-state index contributed by atoms with van der Waals surface area (Å²) < 4.78 is 104. The summed E-state index contributed by atoms with van der Waals surface area (Å²) in [4.78, 5) is 22.4. The Balaban J connectivity index is 1.97. The van der Waals surface area contributed by atoms with Gasteiger partial charge in [0.15, 0.2) is 11.6 Å². The number of carbonyl (C=O) groups excluding carboxylic acids is 1. The van der Waals surface area contributed by atoms with Gasteiger partial charge in [0.25, 0.3) is 10.0 Å². The zero-order chi connectivity index (χ0) is 27.8. The number of ether oxygens (including phenoxy) is 2. The van der Waals surface area contributed by atoms with Gasteiger partial charge >= 0.3 is 18.2 Å². The lowest BCUT2D eigenvalue weighted by Gasteiger charge is -2.35. The van der Waals surface area contributed by atoms with E-state index in [2.05, 4.69) is 10.1 Å². The van der Waals surface area contributed by atoms with Gasteiger partial charge in [-0.3, -0.25) is 14.4 Å². The molecule has 1 aliphatic heterocycles. The zero-order valence-electron chi connectivity index (χ0n) is 19.3. The number of anilines is 2. The van der Waals surface area contributed by atoms with E-state index < -0.39 is 63.0 Å². The van der Waals surface area contributed by atoms with Crippen LogP contribution in [0.5, 0.6) is 5.75 Å². The predicted molar refractivity (Wildman–Crippen MR) is 119 cm³/mol. The van der Waals surface area contributed by atoms with Crippen LogP contribution in [-0.4, -0.2) is 50.0 Å². The quantitative estimate of drug-likeness (QED) is 0.479. The van der Waals surface area contributed by atoms with Crippen molar-refractivity contribution in [3.05, 3.63) is 48.0 Å². The molecule has 0 aliphatic carbocycles. The molecule has 3 rings (SSSR count). The van der Waals surface area contributed by atoms with Gasteiger partial charge in [-0.2, -0.15) is 13.2 Å². The van der Waals surface area contributed by atoms with E-state index in [-0.39, 0.29) is 30.0 Å². The molecule has 0 fully saturated rings. The highest BCUT2D eigenvalue weighted by atomic mass is 32.2. The van der Waals surface area contributed by atoms with Crippen molar-refractivity contribution in [2.45, 2.75) is 49.5 Å². The van der Waals surface area contributed by atoms with Crippen LogP contribution in [0.2, 0.25) is 0 Å². The number of nitrogens with one attached hydrogen (secondary N) is 1. The maximum absolute atomic E-state index is 13.8. The van der Waals surface area contributed by atoms with Crippen LogP contribution in [0.4, 0.5) is 38.1 Å². The average Bonchev–Trinajstić information content (AvgIpc) is 2.77. The first-order chi connectivity index (χ1) is 17.0. The van der Waals surface area contributed by atoms with Crippen molar-refractivity contribution in [3.63, 3.8) is 0 Å². The highest BCUT2D eigenvalue weighted by molar-refractivity contribution is 7.92. The maximum Gasteiger partial charge on any atom is 0.427 e. The molecule has 9 nitrogen and oxygen atoms in total.